The van der Waals surface area contributed by atoms with Crippen LogP contribution in [0.15, 0.2) is 180 Å². The Hall–Kier alpha value is -6.38. The van der Waals surface area contributed by atoms with Gasteiger partial charge in [0.25, 0.3) is 0 Å². The van der Waals surface area contributed by atoms with E-state index < -0.39 is 5.41 Å². The number of hydrogen-bond acceptors (Lipinski definition) is 2. The Balaban J connectivity index is 1.26. The van der Waals surface area contributed by atoms with Crippen molar-refractivity contribution < 1.29 is 4.42 Å². The minimum atomic E-state index is -0.412. The van der Waals surface area contributed by atoms with Crippen LogP contribution >= 0.6 is 0 Å². The molecule has 0 amide bonds. The van der Waals surface area contributed by atoms with E-state index in [1.807, 2.05) is 0 Å². The van der Waals surface area contributed by atoms with Crippen LogP contribution in [0.1, 0.15) is 22.3 Å². The maximum atomic E-state index is 6.60. The highest BCUT2D eigenvalue weighted by Gasteiger charge is 2.52. The third-order valence-electron chi connectivity index (χ3n) is 10.8. The topological polar surface area (TPSA) is 16.4 Å². The van der Waals surface area contributed by atoms with Crippen LogP contribution in [0.5, 0.6) is 0 Å². The second kappa shape index (κ2) is 9.82. The van der Waals surface area contributed by atoms with Crippen molar-refractivity contribution in [1.82, 2.24) is 0 Å². The highest BCUT2D eigenvalue weighted by Crippen LogP contribution is 2.64. The third-order valence-corrected chi connectivity index (χ3v) is 10.8. The maximum absolute atomic E-state index is 6.60. The third kappa shape index (κ3) is 3.45. The van der Waals surface area contributed by atoms with Gasteiger partial charge in [-0.3, -0.25) is 0 Å². The van der Waals surface area contributed by atoms with Gasteiger partial charge in [0.2, 0.25) is 0 Å². The summed E-state index contributed by atoms with van der Waals surface area (Å²) in [6, 6.07) is 64.2. The van der Waals surface area contributed by atoms with Gasteiger partial charge in [-0.1, -0.05) is 133 Å². The van der Waals surface area contributed by atoms with Gasteiger partial charge in [0.1, 0.15) is 11.2 Å². The van der Waals surface area contributed by atoms with Gasteiger partial charge in [-0.05, 0) is 92.2 Å². The maximum Gasteiger partial charge on any atom is 0.137 e. The molecule has 228 valence electrons. The van der Waals surface area contributed by atoms with E-state index in [9.17, 15) is 0 Å². The standard InChI is InChI=1S/C47H29NO/c1-2-16-32(17-3-1)48(42-26-13-27-43-46(42)36-28-30-14-4-5-15-31(30)29-44(36)49-43)41-25-12-24-40-45(41)35-20-8-11-23-39(35)47(40)37-21-9-6-18-33(37)34-19-7-10-22-38(34)47/h1-29H. The molecule has 0 fully saturated rings. The molecule has 2 aliphatic rings. The van der Waals surface area contributed by atoms with E-state index >= 15 is 0 Å². The molecule has 2 nitrogen and oxygen atoms in total. The van der Waals surface area contributed by atoms with Crippen molar-refractivity contribution in [2.45, 2.75) is 5.41 Å². The summed E-state index contributed by atoms with van der Waals surface area (Å²) < 4.78 is 6.60. The zero-order valence-corrected chi connectivity index (χ0v) is 26.6. The number of rotatable bonds is 3. The Morgan fingerprint density at radius 1 is 0.408 bits per heavy atom. The van der Waals surface area contributed by atoms with Gasteiger partial charge in [0.15, 0.2) is 0 Å². The van der Waals surface area contributed by atoms with E-state index in [1.165, 1.54) is 55.3 Å². The second-order valence-corrected chi connectivity index (χ2v) is 13.2. The fourth-order valence-corrected chi connectivity index (χ4v) is 8.97. The lowest BCUT2D eigenvalue weighted by molar-refractivity contribution is 0.669. The SMILES string of the molecule is c1ccc(N(c2cccc3c2-c2ccccc2C32c3ccccc3-c3ccccc32)c2cccc3oc4cc5ccccc5cc4c23)cc1. The van der Waals surface area contributed by atoms with Gasteiger partial charge < -0.3 is 9.32 Å². The predicted molar refractivity (Wildman–Crippen MR) is 202 cm³/mol. The first-order valence-corrected chi connectivity index (χ1v) is 16.9. The van der Waals surface area contributed by atoms with Crippen molar-refractivity contribution in [3.63, 3.8) is 0 Å². The summed E-state index contributed by atoms with van der Waals surface area (Å²) in [7, 11) is 0. The van der Waals surface area contributed by atoms with Crippen molar-refractivity contribution in [2.75, 3.05) is 4.90 Å². The van der Waals surface area contributed by atoms with E-state index in [0.717, 1.165) is 39.0 Å². The van der Waals surface area contributed by atoms with Crippen LogP contribution in [0, 0.1) is 0 Å². The fourth-order valence-electron chi connectivity index (χ4n) is 8.97. The average Bonchev–Trinajstić information content (AvgIpc) is 3.79. The molecule has 2 aliphatic carbocycles. The van der Waals surface area contributed by atoms with Crippen molar-refractivity contribution >= 4 is 49.8 Å². The van der Waals surface area contributed by atoms with Crippen molar-refractivity contribution in [2.24, 2.45) is 0 Å². The number of benzene rings is 8. The van der Waals surface area contributed by atoms with Crippen molar-refractivity contribution in [3.8, 4) is 22.3 Å². The molecule has 0 bridgehead atoms. The zero-order valence-electron chi connectivity index (χ0n) is 26.6. The van der Waals surface area contributed by atoms with Gasteiger partial charge in [-0.15, -0.1) is 0 Å². The first kappa shape index (κ1) is 26.7. The van der Waals surface area contributed by atoms with E-state index in [2.05, 4.69) is 181 Å². The van der Waals surface area contributed by atoms with E-state index in [-0.39, 0.29) is 0 Å². The van der Waals surface area contributed by atoms with Gasteiger partial charge in [-0.25, -0.2) is 0 Å². The molecule has 2 heteroatoms. The lowest BCUT2D eigenvalue weighted by atomic mass is 9.70. The van der Waals surface area contributed by atoms with E-state index in [0.29, 0.717) is 0 Å². The van der Waals surface area contributed by atoms with Crippen LogP contribution < -0.4 is 4.90 Å². The van der Waals surface area contributed by atoms with Gasteiger partial charge in [-0.2, -0.15) is 0 Å². The molecule has 0 aliphatic heterocycles. The number of anilines is 3. The molecule has 0 saturated carbocycles. The fraction of sp³-hybridized carbons (Fsp3) is 0.0213. The summed E-state index contributed by atoms with van der Waals surface area (Å²) in [5.41, 5.74) is 15.2. The Morgan fingerprint density at radius 2 is 0.959 bits per heavy atom. The molecule has 9 aromatic rings. The Kier molecular flexibility index (Phi) is 5.34. The highest BCUT2D eigenvalue weighted by molar-refractivity contribution is 6.17. The molecule has 1 heterocycles. The largest absolute Gasteiger partial charge is 0.456 e. The molecular weight excluding hydrogens is 595 g/mol. The van der Waals surface area contributed by atoms with E-state index in [4.69, 9.17) is 4.42 Å². The lowest BCUT2D eigenvalue weighted by Gasteiger charge is -2.32. The van der Waals surface area contributed by atoms with Gasteiger partial charge in [0.05, 0.1) is 22.2 Å². The minimum Gasteiger partial charge on any atom is -0.456 e. The van der Waals surface area contributed by atoms with Gasteiger partial charge >= 0.3 is 0 Å². The Morgan fingerprint density at radius 3 is 1.69 bits per heavy atom. The second-order valence-electron chi connectivity index (χ2n) is 13.2. The van der Waals surface area contributed by atoms with Crippen LogP contribution in [0.4, 0.5) is 17.1 Å². The summed E-state index contributed by atoms with van der Waals surface area (Å²) in [4.78, 5) is 2.45. The summed E-state index contributed by atoms with van der Waals surface area (Å²) in [6.07, 6.45) is 0. The molecule has 1 aromatic heterocycles. The Bertz CT molecular complexity index is 2740. The van der Waals surface area contributed by atoms with Crippen LogP contribution in [-0.4, -0.2) is 0 Å². The minimum absolute atomic E-state index is 0.412. The monoisotopic (exact) mass is 623 g/mol. The molecule has 0 saturated heterocycles. The van der Waals surface area contributed by atoms with Crippen LogP contribution in [-0.2, 0) is 5.41 Å². The van der Waals surface area contributed by atoms with E-state index in [1.54, 1.807) is 0 Å². The summed E-state index contributed by atoms with van der Waals surface area (Å²) in [5, 5.41) is 4.61. The Labute approximate surface area is 284 Å². The normalized spacial score (nSPS) is 13.5. The number of furan rings is 1. The molecule has 8 aromatic carbocycles. The first-order chi connectivity index (χ1) is 24.3. The number of fused-ring (bicyclic) bond motifs is 14. The number of nitrogens with zero attached hydrogens (tertiary/aromatic N) is 1. The highest BCUT2D eigenvalue weighted by atomic mass is 16.3. The first-order valence-electron chi connectivity index (χ1n) is 16.9. The molecule has 0 unspecified atom stereocenters. The molecule has 0 radical (unpaired) electrons. The quantitative estimate of drug-likeness (QED) is 0.195. The molecule has 49 heavy (non-hydrogen) atoms. The smallest absolute Gasteiger partial charge is 0.137 e. The van der Waals surface area contributed by atoms with Crippen LogP contribution in [0.2, 0.25) is 0 Å². The number of para-hydroxylation sites is 1. The zero-order chi connectivity index (χ0) is 32.1. The van der Waals surface area contributed by atoms with Gasteiger partial charge in [0, 0.05) is 16.6 Å². The number of hydrogen-bond donors (Lipinski definition) is 0. The lowest BCUT2D eigenvalue weighted by Crippen LogP contribution is -2.26. The summed E-state index contributed by atoms with van der Waals surface area (Å²) in [5.74, 6) is 0. The van der Waals surface area contributed by atoms with Crippen LogP contribution in [0.25, 0.3) is 55.0 Å². The molecule has 0 atom stereocenters. The molecule has 11 rings (SSSR count). The molecule has 1 spiro atoms. The van der Waals surface area contributed by atoms with Crippen molar-refractivity contribution in [1.29, 1.82) is 0 Å². The average molecular weight is 624 g/mol. The van der Waals surface area contributed by atoms with Crippen LogP contribution in [0.3, 0.4) is 0 Å². The predicted octanol–water partition coefficient (Wildman–Crippen LogP) is 12.6. The molecule has 0 N–H and O–H groups in total. The summed E-state index contributed by atoms with van der Waals surface area (Å²) >= 11 is 0. The van der Waals surface area contributed by atoms with Crippen molar-refractivity contribution in [3.05, 3.63) is 198 Å². The molecular formula is C47H29NO. The summed E-state index contributed by atoms with van der Waals surface area (Å²) in [6.45, 7) is 0.